The van der Waals surface area contributed by atoms with Crippen molar-refractivity contribution in [2.75, 3.05) is 11.6 Å². The zero-order valence-corrected chi connectivity index (χ0v) is 8.92. The fraction of sp³-hybridized carbons (Fsp3) is 0.333. The largest absolute Gasteiger partial charge is 0.127 e. The highest BCUT2D eigenvalue weighted by molar-refractivity contribution is 7.99. The highest BCUT2D eigenvalue weighted by Crippen LogP contribution is 2.21. The quantitative estimate of drug-likeness (QED) is 0.419. The van der Waals surface area contributed by atoms with Crippen LogP contribution in [0, 0.1) is 0 Å². The van der Waals surface area contributed by atoms with Gasteiger partial charge in [-0.1, -0.05) is 17.7 Å². The van der Waals surface area contributed by atoms with Crippen molar-refractivity contribution >= 4 is 35.0 Å². The molecule has 0 aliphatic carbocycles. The smallest absolute Gasteiger partial charge is 0.0417 e. The molecule has 66 valence electrons. The van der Waals surface area contributed by atoms with Crippen LogP contribution in [0.5, 0.6) is 0 Å². The van der Waals surface area contributed by atoms with Crippen LogP contribution in [0.2, 0.25) is 5.02 Å². The average Bonchev–Trinajstić information content (AvgIpc) is 2.05. The molecule has 0 aliphatic rings. The highest BCUT2D eigenvalue weighted by atomic mass is 35.5. The molecule has 12 heavy (non-hydrogen) atoms. The zero-order chi connectivity index (χ0) is 8.81. The zero-order valence-electron chi connectivity index (χ0n) is 6.59. The van der Waals surface area contributed by atoms with E-state index in [1.54, 1.807) is 11.8 Å². The Morgan fingerprint density at radius 1 is 1.33 bits per heavy atom. The second-order valence-corrected chi connectivity index (χ2v) is 4.33. The van der Waals surface area contributed by atoms with Gasteiger partial charge in [-0.05, 0) is 30.4 Å². The Morgan fingerprint density at radius 2 is 2.17 bits per heavy atom. The van der Waals surface area contributed by atoms with E-state index in [1.165, 1.54) is 4.90 Å². The molecular formula is C9H10Cl2S. The van der Waals surface area contributed by atoms with Crippen molar-refractivity contribution in [3.05, 3.63) is 29.3 Å². The van der Waals surface area contributed by atoms with E-state index < -0.39 is 0 Å². The van der Waals surface area contributed by atoms with E-state index in [-0.39, 0.29) is 0 Å². The fourth-order valence-corrected chi connectivity index (χ4v) is 2.26. The van der Waals surface area contributed by atoms with E-state index in [4.69, 9.17) is 23.2 Å². The molecule has 0 unspecified atom stereocenters. The van der Waals surface area contributed by atoms with Gasteiger partial charge >= 0.3 is 0 Å². The molecule has 1 aromatic carbocycles. The van der Waals surface area contributed by atoms with Crippen molar-refractivity contribution in [3.63, 3.8) is 0 Å². The maximum atomic E-state index is 5.82. The normalized spacial score (nSPS) is 10.2. The van der Waals surface area contributed by atoms with Crippen molar-refractivity contribution in [2.45, 2.75) is 11.3 Å². The summed E-state index contributed by atoms with van der Waals surface area (Å²) in [6, 6.07) is 7.88. The molecule has 0 saturated carbocycles. The van der Waals surface area contributed by atoms with Gasteiger partial charge < -0.3 is 0 Å². The lowest BCUT2D eigenvalue weighted by atomic mass is 10.4. The molecule has 1 rings (SSSR count). The number of hydrogen-bond donors (Lipinski definition) is 0. The maximum Gasteiger partial charge on any atom is 0.0417 e. The summed E-state index contributed by atoms with van der Waals surface area (Å²) in [5, 5.41) is 0.797. The summed E-state index contributed by atoms with van der Waals surface area (Å²) in [5.74, 6) is 1.79. The van der Waals surface area contributed by atoms with Gasteiger partial charge in [-0.15, -0.1) is 23.4 Å². The van der Waals surface area contributed by atoms with Crippen LogP contribution in [0.25, 0.3) is 0 Å². The average molecular weight is 221 g/mol. The Balaban J connectivity index is 2.41. The van der Waals surface area contributed by atoms with Crippen LogP contribution in [0.4, 0.5) is 0 Å². The number of thioether (sulfide) groups is 1. The highest BCUT2D eigenvalue weighted by Gasteiger charge is 1.93. The molecule has 3 heteroatoms. The summed E-state index contributed by atoms with van der Waals surface area (Å²) >= 11 is 13.2. The van der Waals surface area contributed by atoms with Gasteiger partial charge in [0.1, 0.15) is 0 Å². The third-order valence-corrected chi connectivity index (χ3v) is 2.93. The van der Waals surface area contributed by atoms with Crippen LogP contribution in [0.1, 0.15) is 6.42 Å². The van der Waals surface area contributed by atoms with Gasteiger partial charge in [0.25, 0.3) is 0 Å². The molecule has 0 heterocycles. The molecule has 0 saturated heterocycles. The lowest BCUT2D eigenvalue weighted by Crippen LogP contribution is -1.80. The van der Waals surface area contributed by atoms with Crippen LogP contribution < -0.4 is 0 Å². The monoisotopic (exact) mass is 220 g/mol. The summed E-state index contributed by atoms with van der Waals surface area (Å²) in [7, 11) is 0. The predicted octanol–water partition coefficient (Wildman–Crippen LogP) is 4.06. The number of rotatable bonds is 4. The van der Waals surface area contributed by atoms with E-state index in [0.29, 0.717) is 0 Å². The Bertz CT molecular complexity index is 238. The number of benzene rings is 1. The van der Waals surface area contributed by atoms with Gasteiger partial charge in [0.2, 0.25) is 0 Å². The molecular weight excluding hydrogens is 211 g/mol. The minimum atomic E-state index is 0.730. The lowest BCUT2D eigenvalue weighted by Gasteiger charge is -1.99. The Kier molecular flexibility index (Phi) is 4.89. The van der Waals surface area contributed by atoms with Gasteiger partial charge in [0.15, 0.2) is 0 Å². The second kappa shape index (κ2) is 5.74. The van der Waals surface area contributed by atoms with Crippen LogP contribution in [-0.4, -0.2) is 11.6 Å². The van der Waals surface area contributed by atoms with Gasteiger partial charge in [-0.3, -0.25) is 0 Å². The summed E-state index contributed by atoms with van der Waals surface area (Å²) in [5.41, 5.74) is 0. The summed E-state index contributed by atoms with van der Waals surface area (Å²) in [6.07, 6.45) is 1.04. The first-order chi connectivity index (χ1) is 5.83. The Hall–Kier alpha value is 0.150. The molecule has 0 nitrogen and oxygen atoms in total. The first kappa shape index (κ1) is 10.2. The van der Waals surface area contributed by atoms with E-state index >= 15 is 0 Å². The molecule has 0 radical (unpaired) electrons. The molecule has 0 spiro atoms. The molecule has 0 aliphatic heterocycles. The molecule has 0 amide bonds. The van der Waals surface area contributed by atoms with Crippen molar-refractivity contribution in [2.24, 2.45) is 0 Å². The first-order valence-electron chi connectivity index (χ1n) is 3.77. The van der Waals surface area contributed by atoms with Gasteiger partial charge in [-0.2, -0.15) is 0 Å². The molecule has 0 bridgehead atoms. The van der Waals surface area contributed by atoms with Crippen molar-refractivity contribution in [1.82, 2.24) is 0 Å². The Labute approximate surface area is 87.3 Å². The topological polar surface area (TPSA) is 0 Å². The van der Waals surface area contributed by atoms with Crippen LogP contribution >= 0.6 is 35.0 Å². The standard InChI is InChI=1S/C9H10Cl2S/c10-5-2-6-12-9-4-1-3-8(11)7-9/h1,3-4,7H,2,5-6H2. The molecule has 1 aromatic rings. The lowest BCUT2D eigenvalue weighted by molar-refractivity contribution is 1.11. The molecule has 0 aromatic heterocycles. The summed E-state index contributed by atoms with van der Waals surface area (Å²) in [6.45, 7) is 0. The second-order valence-electron chi connectivity index (χ2n) is 2.35. The third-order valence-electron chi connectivity index (χ3n) is 1.34. The molecule has 0 N–H and O–H groups in total. The first-order valence-corrected chi connectivity index (χ1v) is 5.67. The summed E-state index contributed by atoms with van der Waals surface area (Å²) in [4.78, 5) is 1.22. The van der Waals surface area contributed by atoms with E-state index in [0.717, 1.165) is 23.1 Å². The van der Waals surface area contributed by atoms with Crippen molar-refractivity contribution < 1.29 is 0 Å². The maximum absolute atomic E-state index is 5.82. The number of alkyl halides is 1. The van der Waals surface area contributed by atoms with E-state index in [2.05, 4.69) is 6.07 Å². The molecule has 0 fully saturated rings. The number of hydrogen-bond acceptors (Lipinski definition) is 1. The minimum absolute atomic E-state index is 0.730. The third kappa shape index (κ3) is 3.70. The number of halogens is 2. The van der Waals surface area contributed by atoms with Crippen LogP contribution in [-0.2, 0) is 0 Å². The van der Waals surface area contributed by atoms with Gasteiger partial charge in [0, 0.05) is 15.8 Å². The van der Waals surface area contributed by atoms with Crippen molar-refractivity contribution in [1.29, 1.82) is 0 Å². The Morgan fingerprint density at radius 3 is 2.83 bits per heavy atom. The van der Waals surface area contributed by atoms with E-state index in [9.17, 15) is 0 Å². The minimum Gasteiger partial charge on any atom is -0.127 e. The molecule has 0 atom stereocenters. The van der Waals surface area contributed by atoms with Gasteiger partial charge in [-0.25, -0.2) is 0 Å². The van der Waals surface area contributed by atoms with Crippen molar-refractivity contribution in [3.8, 4) is 0 Å². The predicted molar refractivity (Wildman–Crippen MR) is 57.5 cm³/mol. The van der Waals surface area contributed by atoms with E-state index in [1.807, 2.05) is 18.2 Å². The SMILES string of the molecule is ClCCCSc1cccc(Cl)c1. The van der Waals surface area contributed by atoms with Crippen LogP contribution in [0.3, 0.4) is 0 Å². The fourth-order valence-electron chi connectivity index (χ4n) is 0.801. The van der Waals surface area contributed by atoms with Crippen LogP contribution in [0.15, 0.2) is 29.2 Å². The van der Waals surface area contributed by atoms with Gasteiger partial charge in [0.05, 0.1) is 0 Å². The summed E-state index contributed by atoms with van der Waals surface area (Å²) < 4.78 is 0.